The quantitative estimate of drug-likeness (QED) is 0.448. The highest BCUT2D eigenvalue weighted by Crippen LogP contribution is 2.37. The minimum absolute atomic E-state index is 0.122. The molecule has 1 N–H and O–H groups in total. The molecule has 1 amide bonds. The molecule has 7 heteroatoms. The summed E-state index contributed by atoms with van der Waals surface area (Å²) in [5.74, 6) is -0.928. The number of anilines is 1. The van der Waals surface area contributed by atoms with Crippen molar-refractivity contribution in [2.45, 2.75) is 0 Å². The zero-order chi connectivity index (χ0) is 15.9. The molecule has 0 unspecified atom stereocenters. The first-order chi connectivity index (χ1) is 10.5. The van der Waals surface area contributed by atoms with Gasteiger partial charge in [0, 0.05) is 18.7 Å². The summed E-state index contributed by atoms with van der Waals surface area (Å²) >= 11 is 15.4. The van der Waals surface area contributed by atoms with Crippen molar-refractivity contribution in [3.8, 4) is 0 Å². The summed E-state index contributed by atoms with van der Waals surface area (Å²) < 4.78 is 15.4. The molecule has 0 spiro atoms. The number of fused-ring (bicyclic) bond motifs is 1. The normalized spacial score (nSPS) is 10.9. The van der Waals surface area contributed by atoms with E-state index in [9.17, 15) is 9.18 Å². The molecule has 0 radical (unpaired) electrons. The van der Waals surface area contributed by atoms with E-state index in [4.69, 9.17) is 23.2 Å². The van der Waals surface area contributed by atoms with Gasteiger partial charge in [0.1, 0.15) is 10.7 Å². The molecule has 0 fully saturated rings. The predicted molar refractivity (Wildman–Crippen MR) is 98.9 cm³/mol. The van der Waals surface area contributed by atoms with E-state index in [0.717, 1.165) is 13.7 Å². The van der Waals surface area contributed by atoms with E-state index in [1.54, 1.807) is 24.3 Å². The summed E-state index contributed by atoms with van der Waals surface area (Å²) in [5, 5.41) is 4.22. The van der Waals surface area contributed by atoms with Crippen molar-refractivity contribution in [2.24, 2.45) is 0 Å². The number of nitrogens with one attached hydrogen (secondary N) is 1. The lowest BCUT2D eigenvalue weighted by Crippen LogP contribution is -2.11. The zero-order valence-corrected chi connectivity index (χ0v) is 15.3. The number of thiophene rings is 1. The van der Waals surface area contributed by atoms with Gasteiger partial charge in [-0.1, -0.05) is 29.3 Å². The average molecular weight is 466 g/mol. The van der Waals surface area contributed by atoms with Crippen LogP contribution < -0.4 is 5.32 Å². The highest BCUT2D eigenvalue weighted by Gasteiger charge is 2.18. The Morgan fingerprint density at radius 3 is 2.68 bits per heavy atom. The summed E-state index contributed by atoms with van der Waals surface area (Å²) in [4.78, 5) is 12.7. The van der Waals surface area contributed by atoms with Gasteiger partial charge in [-0.05, 0) is 52.9 Å². The van der Waals surface area contributed by atoms with Crippen molar-refractivity contribution in [3.63, 3.8) is 0 Å². The topological polar surface area (TPSA) is 29.1 Å². The van der Waals surface area contributed by atoms with Gasteiger partial charge < -0.3 is 5.32 Å². The molecule has 112 valence electrons. The van der Waals surface area contributed by atoms with Gasteiger partial charge in [-0.3, -0.25) is 4.79 Å². The fourth-order valence-electron chi connectivity index (χ4n) is 1.95. The Morgan fingerprint density at radius 2 is 1.95 bits per heavy atom. The molecule has 0 aliphatic heterocycles. The van der Waals surface area contributed by atoms with E-state index in [1.165, 1.54) is 23.5 Å². The van der Waals surface area contributed by atoms with E-state index in [-0.39, 0.29) is 5.69 Å². The standard InChI is InChI=1S/C15H7Cl2FINOS/c16-7-1-3-9-12(5-7)22-14(13(9)17)15(21)20-11-4-2-8(19)6-10(11)18/h1-6H,(H,20,21). The SMILES string of the molecule is O=C(Nc1ccc(I)cc1F)c1sc2cc(Cl)ccc2c1Cl. The molecule has 1 aromatic heterocycles. The molecule has 0 atom stereocenters. The van der Waals surface area contributed by atoms with Crippen LogP contribution >= 0.6 is 57.1 Å². The van der Waals surface area contributed by atoms with Crippen molar-refractivity contribution in [2.75, 3.05) is 5.32 Å². The Bertz CT molecular complexity index is 897. The molecule has 2 nitrogen and oxygen atoms in total. The van der Waals surface area contributed by atoms with Crippen LogP contribution in [0.1, 0.15) is 9.67 Å². The second kappa shape index (κ2) is 6.31. The Balaban J connectivity index is 1.97. The molecule has 3 rings (SSSR count). The van der Waals surface area contributed by atoms with E-state index in [0.29, 0.717) is 14.9 Å². The van der Waals surface area contributed by atoms with Crippen LogP contribution in [-0.2, 0) is 0 Å². The Kier molecular flexibility index (Phi) is 4.59. The van der Waals surface area contributed by atoms with Gasteiger partial charge in [-0.15, -0.1) is 11.3 Å². The molecule has 22 heavy (non-hydrogen) atoms. The second-order valence-electron chi connectivity index (χ2n) is 4.46. The van der Waals surface area contributed by atoms with E-state index in [2.05, 4.69) is 5.32 Å². The second-order valence-corrected chi connectivity index (χ2v) is 7.58. The molecule has 2 aromatic carbocycles. The van der Waals surface area contributed by atoms with Crippen LogP contribution in [0, 0.1) is 9.39 Å². The predicted octanol–water partition coefficient (Wildman–Crippen LogP) is 6.20. The largest absolute Gasteiger partial charge is 0.319 e. The van der Waals surface area contributed by atoms with Crippen LogP contribution in [0.5, 0.6) is 0 Å². The number of halogens is 4. The molecule has 3 aromatic rings. The lowest BCUT2D eigenvalue weighted by Gasteiger charge is -2.05. The minimum atomic E-state index is -0.486. The molecule has 0 saturated heterocycles. The molecule has 0 bridgehead atoms. The number of hydrogen-bond acceptors (Lipinski definition) is 2. The maximum Gasteiger partial charge on any atom is 0.267 e. The van der Waals surface area contributed by atoms with Crippen molar-refractivity contribution in [1.29, 1.82) is 0 Å². The Hall–Kier alpha value is -0.890. The summed E-state index contributed by atoms with van der Waals surface area (Å²) in [5.41, 5.74) is 0.122. The number of rotatable bonds is 2. The van der Waals surface area contributed by atoms with Crippen molar-refractivity contribution in [1.82, 2.24) is 0 Å². The Labute approximate surface area is 153 Å². The van der Waals surface area contributed by atoms with E-state index >= 15 is 0 Å². The van der Waals surface area contributed by atoms with Gasteiger partial charge in [0.05, 0.1) is 10.7 Å². The lowest BCUT2D eigenvalue weighted by molar-refractivity contribution is 0.103. The Morgan fingerprint density at radius 1 is 1.18 bits per heavy atom. The van der Waals surface area contributed by atoms with Crippen molar-refractivity contribution >= 4 is 78.8 Å². The third-order valence-electron chi connectivity index (χ3n) is 2.98. The summed E-state index contributed by atoms with van der Waals surface area (Å²) in [7, 11) is 0. The van der Waals surface area contributed by atoms with E-state index in [1.807, 2.05) is 22.6 Å². The maximum absolute atomic E-state index is 13.8. The average Bonchev–Trinajstić information content (AvgIpc) is 2.78. The number of amides is 1. The highest BCUT2D eigenvalue weighted by atomic mass is 127. The number of carbonyl (C=O) groups excluding carboxylic acids is 1. The third kappa shape index (κ3) is 3.08. The number of carbonyl (C=O) groups is 1. The molecule has 0 aliphatic rings. The molecular formula is C15H7Cl2FINOS. The smallest absolute Gasteiger partial charge is 0.267 e. The van der Waals surface area contributed by atoms with Crippen molar-refractivity contribution < 1.29 is 9.18 Å². The van der Waals surface area contributed by atoms with Gasteiger partial charge in [0.25, 0.3) is 5.91 Å². The molecule has 0 saturated carbocycles. The summed E-state index contributed by atoms with van der Waals surface area (Å²) in [6, 6.07) is 9.80. The molecule has 0 aliphatic carbocycles. The van der Waals surface area contributed by atoms with Gasteiger partial charge >= 0.3 is 0 Å². The third-order valence-corrected chi connectivity index (χ3v) is 5.54. The molecule has 1 heterocycles. The van der Waals surface area contributed by atoms with Gasteiger partial charge in [0.2, 0.25) is 0 Å². The van der Waals surface area contributed by atoms with Gasteiger partial charge in [-0.2, -0.15) is 0 Å². The first kappa shape index (κ1) is 16.0. The minimum Gasteiger partial charge on any atom is -0.319 e. The van der Waals surface area contributed by atoms with Crippen LogP contribution in [0.25, 0.3) is 10.1 Å². The number of hydrogen-bond donors (Lipinski definition) is 1. The first-order valence-electron chi connectivity index (χ1n) is 6.09. The lowest BCUT2D eigenvalue weighted by atomic mass is 10.2. The van der Waals surface area contributed by atoms with E-state index < -0.39 is 11.7 Å². The van der Waals surface area contributed by atoms with Crippen LogP contribution in [0.15, 0.2) is 36.4 Å². The maximum atomic E-state index is 13.8. The van der Waals surface area contributed by atoms with Gasteiger partial charge in [0.15, 0.2) is 0 Å². The first-order valence-corrected chi connectivity index (χ1v) is 8.75. The monoisotopic (exact) mass is 465 g/mol. The fourth-order valence-corrected chi connectivity index (χ4v) is 4.10. The van der Waals surface area contributed by atoms with Crippen LogP contribution in [0.2, 0.25) is 10.0 Å². The van der Waals surface area contributed by atoms with Gasteiger partial charge in [-0.25, -0.2) is 4.39 Å². The number of benzene rings is 2. The zero-order valence-electron chi connectivity index (χ0n) is 10.8. The van der Waals surface area contributed by atoms with Crippen LogP contribution in [0.3, 0.4) is 0 Å². The van der Waals surface area contributed by atoms with Crippen LogP contribution in [0.4, 0.5) is 10.1 Å². The van der Waals surface area contributed by atoms with Crippen molar-refractivity contribution in [3.05, 3.63) is 60.7 Å². The molecular weight excluding hydrogens is 459 g/mol. The fraction of sp³-hybridized carbons (Fsp3) is 0. The summed E-state index contributed by atoms with van der Waals surface area (Å²) in [6.07, 6.45) is 0. The highest BCUT2D eigenvalue weighted by molar-refractivity contribution is 14.1. The van der Waals surface area contributed by atoms with Crippen LogP contribution in [-0.4, -0.2) is 5.91 Å². The summed E-state index contributed by atoms with van der Waals surface area (Å²) in [6.45, 7) is 0.